The summed E-state index contributed by atoms with van der Waals surface area (Å²) in [6.45, 7) is 0. The first-order valence-electron chi connectivity index (χ1n) is 8.58. The van der Waals surface area contributed by atoms with Crippen molar-refractivity contribution >= 4 is 21.4 Å². The van der Waals surface area contributed by atoms with Gasteiger partial charge in [-0.1, -0.05) is 0 Å². The van der Waals surface area contributed by atoms with Crippen LogP contribution in [0.25, 0.3) is 0 Å². The van der Waals surface area contributed by atoms with Crippen LogP contribution < -0.4 is 4.74 Å². The maximum Gasteiger partial charge on any atom is 0.340 e. The van der Waals surface area contributed by atoms with E-state index in [4.69, 9.17) is 14.0 Å². The number of ether oxygens (including phenoxy) is 2. The van der Waals surface area contributed by atoms with Gasteiger partial charge >= 0.3 is 11.9 Å². The van der Waals surface area contributed by atoms with Crippen LogP contribution in [0.3, 0.4) is 0 Å². The van der Waals surface area contributed by atoms with Crippen LogP contribution in [-0.4, -0.2) is 22.2 Å². The minimum atomic E-state index is -1.41. The van der Waals surface area contributed by atoms with Gasteiger partial charge in [0.2, 0.25) is 0 Å². The van der Waals surface area contributed by atoms with Gasteiger partial charge in [0.1, 0.15) is 23.0 Å². The average Bonchev–Trinajstić information content (AvgIpc) is 2.99. The standard InChI is InChI=1S/C21H13O7P/c22-11-2-5-14-17(8-11)26-18-9-12(23)3-6-15(18)21(14)16-7-10(19(24)28-29)1-4-13(16)20(25)27-21/h1-9,22-23H,29H2. The van der Waals surface area contributed by atoms with Crippen LogP contribution in [0.1, 0.15) is 37.4 Å². The quantitative estimate of drug-likeness (QED) is 0.468. The highest BCUT2D eigenvalue weighted by Crippen LogP contribution is 2.57. The molecular weight excluding hydrogens is 395 g/mol. The number of hydrogen-bond acceptors (Lipinski definition) is 7. The van der Waals surface area contributed by atoms with Gasteiger partial charge in [0.05, 0.1) is 20.6 Å². The Morgan fingerprint density at radius 1 is 0.897 bits per heavy atom. The van der Waals surface area contributed by atoms with Crippen LogP contribution in [0.15, 0.2) is 54.6 Å². The fourth-order valence-electron chi connectivity index (χ4n) is 3.89. The van der Waals surface area contributed by atoms with E-state index in [1.165, 1.54) is 36.4 Å². The summed E-state index contributed by atoms with van der Waals surface area (Å²) in [5.41, 5.74) is 0.536. The smallest absolute Gasteiger partial charge is 0.340 e. The molecule has 1 atom stereocenters. The molecular formula is C21H13O7P. The number of rotatable bonds is 1. The third-order valence-electron chi connectivity index (χ3n) is 5.12. The van der Waals surface area contributed by atoms with Crippen molar-refractivity contribution in [2.75, 3.05) is 0 Å². The largest absolute Gasteiger partial charge is 0.508 e. The van der Waals surface area contributed by atoms with Crippen LogP contribution in [-0.2, 0) is 14.9 Å². The molecule has 0 aliphatic carbocycles. The Morgan fingerprint density at radius 2 is 1.52 bits per heavy atom. The molecule has 0 saturated carbocycles. The van der Waals surface area contributed by atoms with Crippen LogP contribution in [0.4, 0.5) is 0 Å². The van der Waals surface area contributed by atoms with E-state index in [0.29, 0.717) is 22.3 Å². The van der Waals surface area contributed by atoms with Crippen molar-refractivity contribution in [1.82, 2.24) is 0 Å². The minimum Gasteiger partial charge on any atom is -0.508 e. The summed E-state index contributed by atoms with van der Waals surface area (Å²) in [5.74, 6) is -0.688. The lowest BCUT2D eigenvalue weighted by Gasteiger charge is -2.36. The highest BCUT2D eigenvalue weighted by Gasteiger charge is 2.53. The second kappa shape index (κ2) is 5.96. The molecule has 0 amide bonds. The fraction of sp³-hybridized carbons (Fsp3) is 0.0476. The van der Waals surface area contributed by atoms with E-state index in [0.717, 1.165) is 0 Å². The second-order valence-electron chi connectivity index (χ2n) is 6.70. The van der Waals surface area contributed by atoms with Crippen molar-refractivity contribution in [3.8, 4) is 23.0 Å². The molecule has 2 aliphatic heterocycles. The van der Waals surface area contributed by atoms with E-state index >= 15 is 0 Å². The number of phenols is 2. The SMILES string of the molecule is O=C(OP)c1ccc2c(c1)C1(OC2=O)c2ccc(O)cc2Oc2cc(O)ccc21. The Labute approximate surface area is 166 Å². The van der Waals surface area contributed by atoms with Crippen LogP contribution in [0, 0.1) is 0 Å². The molecule has 3 aromatic carbocycles. The summed E-state index contributed by atoms with van der Waals surface area (Å²) in [5, 5.41) is 19.8. The second-order valence-corrected chi connectivity index (χ2v) is 6.94. The zero-order chi connectivity index (χ0) is 20.3. The van der Waals surface area contributed by atoms with Crippen LogP contribution in [0.5, 0.6) is 23.0 Å². The molecule has 2 aliphatic rings. The molecule has 29 heavy (non-hydrogen) atoms. The Kier molecular flexibility index (Phi) is 3.60. The van der Waals surface area contributed by atoms with Gasteiger partial charge in [0.25, 0.3) is 0 Å². The number of benzene rings is 3. The Morgan fingerprint density at radius 3 is 2.10 bits per heavy atom. The summed E-state index contributed by atoms with van der Waals surface area (Å²) in [6, 6.07) is 13.5. The number of aromatic hydroxyl groups is 2. The summed E-state index contributed by atoms with van der Waals surface area (Å²) >= 11 is 0. The Balaban J connectivity index is 1.87. The highest BCUT2D eigenvalue weighted by atomic mass is 31.0. The van der Waals surface area contributed by atoms with Gasteiger partial charge in [-0.15, -0.1) is 0 Å². The Hall–Kier alpha value is -3.57. The predicted octanol–water partition coefficient (Wildman–Crippen LogP) is 3.61. The molecule has 2 heterocycles. The van der Waals surface area contributed by atoms with Crippen molar-refractivity contribution in [2.24, 2.45) is 0 Å². The third kappa shape index (κ3) is 2.34. The first kappa shape index (κ1) is 17.5. The van der Waals surface area contributed by atoms with E-state index in [2.05, 4.69) is 0 Å². The third-order valence-corrected chi connectivity index (χ3v) is 5.33. The number of hydrogen-bond donors (Lipinski definition) is 2. The number of phenolic OH excluding ortho intramolecular Hbond substituents is 2. The molecule has 1 spiro atoms. The van der Waals surface area contributed by atoms with Crippen molar-refractivity contribution in [3.05, 3.63) is 82.4 Å². The molecule has 7 nitrogen and oxygen atoms in total. The number of carbonyl (C=O) groups is 2. The van der Waals surface area contributed by atoms with Gasteiger partial charge in [-0.2, -0.15) is 0 Å². The molecule has 1 unspecified atom stereocenters. The van der Waals surface area contributed by atoms with Gasteiger partial charge in [0, 0.05) is 28.8 Å². The summed E-state index contributed by atoms with van der Waals surface area (Å²) in [4.78, 5) is 24.8. The molecule has 8 heteroatoms. The first-order chi connectivity index (χ1) is 13.9. The zero-order valence-electron chi connectivity index (χ0n) is 14.7. The number of carbonyl (C=O) groups excluding carboxylic acids is 2. The number of esters is 1. The lowest BCUT2D eigenvalue weighted by atomic mass is 9.77. The van der Waals surface area contributed by atoms with Crippen LogP contribution in [0.2, 0.25) is 0 Å². The molecule has 0 fully saturated rings. The van der Waals surface area contributed by atoms with E-state index in [1.807, 2.05) is 9.47 Å². The molecule has 3 aromatic rings. The molecule has 0 radical (unpaired) electrons. The predicted molar refractivity (Wildman–Crippen MR) is 103 cm³/mol. The van der Waals surface area contributed by atoms with E-state index in [1.54, 1.807) is 18.2 Å². The summed E-state index contributed by atoms with van der Waals surface area (Å²) in [7, 11) is 1.90. The van der Waals surface area contributed by atoms with Gasteiger partial charge in [-0.05, 0) is 42.5 Å². The van der Waals surface area contributed by atoms with Gasteiger partial charge in [-0.25, -0.2) is 9.59 Å². The van der Waals surface area contributed by atoms with Crippen molar-refractivity contribution in [2.45, 2.75) is 5.60 Å². The maximum atomic E-state index is 12.8. The first-order valence-corrected chi connectivity index (χ1v) is 9.05. The summed E-state index contributed by atoms with van der Waals surface area (Å²) in [6.07, 6.45) is 0. The van der Waals surface area contributed by atoms with Crippen LogP contribution >= 0.6 is 9.47 Å². The monoisotopic (exact) mass is 408 g/mol. The molecule has 2 N–H and O–H groups in total. The lowest BCUT2D eigenvalue weighted by Crippen LogP contribution is -2.33. The summed E-state index contributed by atoms with van der Waals surface area (Å²) < 4.78 is 16.5. The van der Waals surface area contributed by atoms with Crippen molar-refractivity contribution in [3.63, 3.8) is 0 Å². The topological polar surface area (TPSA) is 102 Å². The van der Waals surface area contributed by atoms with E-state index in [9.17, 15) is 19.8 Å². The van der Waals surface area contributed by atoms with Gasteiger partial charge in [-0.3, -0.25) is 0 Å². The minimum absolute atomic E-state index is 0.0348. The molecule has 144 valence electrons. The molecule has 0 saturated heterocycles. The fourth-order valence-corrected chi connectivity index (χ4v) is 4.03. The van der Waals surface area contributed by atoms with Gasteiger partial charge < -0.3 is 24.2 Å². The Bertz CT molecular complexity index is 1170. The van der Waals surface area contributed by atoms with Crippen molar-refractivity contribution < 1.29 is 33.8 Å². The number of fused-ring (bicyclic) bond motifs is 6. The zero-order valence-corrected chi connectivity index (χ0v) is 15.9. The van der Waals surface area contributed by atoms with E-state index < -0.39 is 17.5 Å². The van der Waals surface area contributed by atoms with Crippen molar-refractivity contribution in [1.29, 1.82) is 0 Å². The van der Waals surface area contributed by atoms with Gasteiger partial charge in [0.15, 0.2) is 5.60 Å². The average molecular weight is 408 g/mol. The molecule has 0 bridgehead atoms. The molecule has 5 rings (SSSR count). The lowest BCUT2D eigenvalue weighted by molar-refractivity contribution is 0.0224. The normalized spacial score (nSPS) is 15.0. The molecule has 0 aromatic heterocycles. The highest BCUT2D eigenvalue weighted by molar-refractivity contribution is 7.10. The maximum absolute atomic E-state index is 12.8. The van der Waals surface area contributed by atoms with E-state index in [-0.39, 0.29) is 28.6 Å².